The Labute approximate surface area is 52.3 Å². The Morgan fingerprint density at radius 2 is 2.56 bits per heavy atom. The quantitative estimate of drug-likeness (QED) is 0.598. The number of aromatic nitrogens is 1. The third kappa shape index (κ3) is 1.68. The van der Waals surface area contributed by atoms with E-state index < -0.39 is 6.86 Å². The van der Waals surface area contributed by atoms with Gasteiger partial charge in [0.15, 0.2) is 0 Å². The lowest BCUT2D eigenvalue weighted by Gasteiger charge is -1.96. The summed E-state index contributed by atoms with van der Waals surface area (Å²) in [6.45, 7) is -0.800. The van der Waals surface area contributed by atoms with Crippen LogP contribution in [0.2, 0.25) is 0 Å². The summed E-state index contributed by atoms with van der Waals surface area (Å²) in [4.78, 5) is 3.71. The maximum atomic E-state index is 11.4. The minimum atomic E-state index is -0.800. The largest absolute Gasteiger partial charge is 0.461 e. The first-order valence-corrected chi connectivity index (χ1v) is 2.52. The molecule has 0 radical (unpaired) electrons. The molecule has 48 valence electrons. The molecule has 1 aromatic rings. The van der Waals surface area contributed by atoms with Crippen LogP contribution in [0.3, 0.4) is 0 Å². The summed E-state index contributed by atoms with van der Waals surface area (Å²) in [5.41, 5.74) is 0. The highest BCUT2D eigenvalue weighted by Crippen LogP contribution is 2.04. The molecule has 0 aliphatic rings. The first-order chi connectivity index (χ1) is 4.43. The molecule has 0 N–H and O–H groups in total. The van der Waals surface area contributed by atoms with Crippen molar-refractivity contribution in [2.45, 2.75) is 0 Å². The topological polar surface area (TPSA) is 22.1 Å². The van der Waals surface area contributed by atoms with Gasteiger partial charge in [-0.15, -0.1) is 0 Å². The molecule has 0 aliphatic heterocycles. The second-order valence-corrected chi connectivity index (χ2v) is 1.44. The summed E-state index contributed by atoms with van der Waals surface area (Å²) < 4.78 is 15.9. The third-order valence-electron chi connectivity index (χ3n) is 0.856. The van der Waals surface area contributed by atoms with Crippen LogP contribution in [0.15, 0.2) is 24.5 Å². The van der Waals surface area contributed by atoms with Crippen molar-refractivity contribution in [1.82, 2.24) is 4.98 Å². The summed E-state index contributed by atoms with van der Waals surface area (Å²) >= 11 is 0. The van der Waals surface area contributed by atoms with E-state index in [1.165, 1.54) is 6.20 Å². The predicted molar refractivity (Wildman–Crippen MR) is 30.8 cm³/mol. The number of hydrogen-bond donors (Lipinski definition) is 0. The van der Waals surface area contributed by atoms with Crippen LogP contribution in [0.5, 0.6) is 5.75 Å². The molecular formula is C6H6FNO. The maximum absolute atomic E-state index is 11.4. The average Bonchev–Trinajstić information content (AvgIpc) is 1.91. The molecule has 1 aromatic heterocycles. The van der Waals surface area contributed by atoms with Gasteiger partial charge in [-0.2, -0.15) is 0 Å². The van der Waals surface area contributed by atoms with Crippen molar-refractivity contribution in [2.75, 3.05) is 6.86 Å². The molecule has 0 bridgehead atoms. The highest BCUT2D eigenvalue weighted by molar-refractivity contribution is 5.14. The summed E-state index contributed by atoms with van der Waals surface area (Å²) in [6.07, 6.45) is 3.06. The Balaban J connectivity index is 2.61. The number of ether oxygens (including phenoxy) is 1. The van der Waals surface area contributed by atoms with Crippen molar-refractivity contribution < 1.29 is 9.13 Å². The molecule has 0 fully saturated rings. The van der Waals surface area contributed by atoms with Crippen LogP contribution in [0.4, 0.5) is 4.39 Å². The van der Waals surface area contributed by atoms with Gasteiger partial charge in [0.05, 0.1) is 6.20 Å². The van der Waals surface area contributed by atoms with Crippen LogP contribution >= 0.6 is 0 Å². The molecule has 1 heterocycles. The monoisotopic (exact) mass is 127 g/mol. The van der Waals surface area contributed by atoms with Crippen LogP contribution in [0.1, 0.15) is 0 Å². The van der Waals surface area contributed by atoms with Gasteiger partial charge in [-0.1, -0.05) is 0 Å². The van der Waals surface area contributed by atoms with Gasteiger partial charge in [-0.05, 0) is 12.1 Å². The number of alkyl halides is 1. The molecule has 0 aliphatic carbocycles. The van der Waals surface area contributed by atoms with E-state index in [1.54, 1.807) is 18.3 Å². The highest BCUT2D eigenvalue weighted by Gasteiger charge is 1.86. The van der Waals surface area contributed by atoms with Gasteiger partial charge in [0, 0.05) is 6.20 Å². The number of hydrogen-bond acceptors (Lipinski definition) is 2. The Morgan fingerprint density at radius 1 is 1.67 bits per heavy atom. The van der Waals surface area contributed by atoms with Crippen LogP contribution in [0.25, 0.3) is 0 Å². The smallest absolute Gasteiger partial charge is 0.228 e. The summed E-state index contributed by atoms with van der Waals surface area (Å²) in [7, 11) is 0. The maximum Gasteiger partial charge on any atom is 0.228 e. The summed E-state index contributed by atoms with van der Waals surface area (Å²) in [6, 6.07) is 3.33. The van der Waals surface area contributed by atoms with Crippen molar-refractivity contribution in [2.24, 2.45) is 0 Å². The number of rotatable bonds is 2. The first kappa shape index (κ1) is 6.01. The van der Waals surface area contributed by atoms with Crippen LogP contribution in [-0.4, -0.2) is 11.8 Å². The van der Waals surface area contributed by atoms with Gasteiger partial charge in [0.2, 0.25) is 6.86 Å². The van der Waals surface area contributed by atoms with Crippen LogP contribution in [-0.2, 0) is 0 Å². The van der Waals surface area contributed by atoms with E-state index in [2.05, 4.69) is 9.72 Å². The van der Waals surface area contributed by atoms with Crippen molar-refractivity contribution in [3.8, 4) is 5.75 Å². The van der Waals surface area contributed by atoms with E-state index >= 15 is 0 Å². The molecule has 2 nitrogen and oxygen atoms in total. The van der Waals surface area contributed by atoms with E-state index in [1.807, 2.05) is 0 Å². The van der Waals surface area contributed by atoms with Gasteiger partial charge in [0.1, 0.15) is 5.75 Å². The van der Waals surface area contributed by atoms with Crippen molar-refractivity contribution in [3.05, 3.63) is 24.5 Å². The predicted octanol–water partition coefficient (Wildman–Crippen LogP) is 1.39. The lowest BCUT2D eigenvalue weighted by molar-refractivity contribution is 0.191. The van der Waals surface area contributed by atoms with E-state index in [0.717, 1.165) is 0 Å². The Hall–Kier alpha value is -1.12. The molecular weight excluding hydrogens is 121 g/mol. The number of nitrogens with zero attached hydrogens (tertiary/aromatic N) is 1. The first-order valence-electron chi connectivity index (χ1n) is 2.52. The fourth-order valence-corrected chi connectivity index (χ4v) is 0.495. The molecule has 0 unspecified atom stereocenters. The molecule has 3 heteroatoms. The standard InChI is InChI=1S/C6H6FNO/c7-5-9-6-2-1-3-8-4-6/h1-4H,5H2. The van der Waals surface area contributed by atoms with Gasteiger partial charge >= 0.3 is 0 Å². The van der Waals surface area contributed by atoms with Crippen LogP contribution in [0, 0.1) is 0 Å². The van der Waals surface area contributed by atoms with E-state index in [9.17, 15) is 4.39 Å². The molecule has 0 atom stereocenters. The van der Waals surface area contributed by atoms with Gasteiger partial charge in [0.25, 0.3) is 0 Å². The SMILES string of the molecule is FCOc1cccnc1. The lowest BCUT2D eigenvalue weighted by Crippen LogP contribution is -1.88. The van der Waals surface area contributed by atoms with E-state index in [0.29, 0.717) is 5.75 Å². The molecule has 1 rings (SSSR count). The van der Waals surface area contributed by atoms with Gasteiger partial charge < -0.3 is 4.74 Å². The zero-order chi connectivity index (χ0) is 6.53. The Kier molecular flexibility index (Phi) is 2.01. The second-order valence-electron chi connectivity index (χ2n) is 1.44. The Bertz CT molecular complexity index is 166. The van der Waals surface area contributed by atoms with Crippen LogP contribution < -0.4 is 4.74 Å². The summed E-state index contributed by atoms with van der Waals surface area (Å²) in [5.74, 6) is 0.458. The summed E-state index contributed by atoms with van der Waals surface area (Å²) in [5, 5.41) is 0. The molecule has 0 spiro atoms. The fourth-order valence-electron chi connectivity index (χ4n) is 0.495. The molecule has 0 saturated heterocycles. The Morgan fingerprint density at radius 3 is 3.11 bits per heavy atom. The molecule has 0 saturated carbocycles. The van der Waals surface area contributed by atoms with Crippen molar-refractivity contribution in [3.63, 3.8) is 0 Å². The second kappa shape index (κ2) is 3.02. The minimum Gasteiger partial charge on any atom is -0.461 e. The molecule has 0 aromatic carbocycles. The van der Waals surface area contributed by atoms with Gasteiger partial charge in [-0.25, -0.2) is 4.39 Å². The minimum absolute atomic E-state index is 0.458. The molecule has 9 heavy (non-hydrogen) atoms. The highest BCUT2D eigenvalue weighted by atomic mass is 19.1. The van der Waals surface area contributed by atoms with Gasteiger partial charge in [-0.3, -0.25) is 4.98 Å². The third-order valence-corrected chi connectivity index (χ3v) is 0.856. The fraction of sp³-hybridized carbons (Fsp3) is 0.167. The zero-order valence-corrected chi connectivity index (χ0v) is 4.75. The molecule has 0 amide bonds. The normalized spacial score (nSPS) is 9.00. The van der Waals surface area contributed by atoms with E-state index in [4.69, 9.17) is 0 Å². The van der Waals surface area contributed by atoms with Crippen molar-refractivity contribution in [1.29, 1.82) is 0 Å². The van der Waals surface area contributed by atoms with E-state index in [-0.39, 0.29) is 0 Å². The van der Waals surface area contributed by atoms with Crippen molar-refractivity contribution >= 4 is 0 Å². The average molecular weight is 127 g/mol. The number of halogens is 1. The lowest BCUT2D eigenvalue weighted by atomic mass is 10.5. The zero-order valence-electron chi connectivity index (χ0n) is 4.75. The number of pyridine rings is 1.